The molecule has 3 N–H and O–H groups in total. The van der Waals surface area contributed by atoms with Crippen molar-refractivity contribution in [1.29, 1.82) is 0 Å². The van der Waals surface area contributed by atoms with Crippen LogP contribution in [0.25, 0.3) is 10.9 Å². The molecule has 0 saturated carbocycles. The summed E-state index contributed by atoms with van der Waals surface area (Å²) in [6, 6.07) is 11.1. The van der Waals surface area contributed by atoms with Gasteiger partial charge in [-0.2, -0.15) is 0 Å². The highest BCUT2D eigenvalue weighted by Crippen LogP contribution is 2.25. The number of rotatable bonds is 5. The van der Waals surface area contributed by atoms with Gasteiger partial charge in [0, 0.05) is 21.1 Å². The Bertz CT molecular complexity index is 1020. The van der Waals surface area contributed by atoms with Gasteiger partial charge in [-0.15, -0.1) is 0 Å². The molecule has 1 atom stereocenters. The van der Waals surface area contributed by atoms with Crippen LogP contribution in [0, 0.1) is 12.7 Å². The highest BCUT2D eigenvalue weighted by Gasteiger charge is 2.17. The van der Waals surface area contributed by atoms with Crippen molar-refractivity contribution in [3.05, 3.63) is 64.0 Å². The Morgan fingerprint density at radius 3 is 2.61 bits per heavy atom. The number of benzene rings is 2. The summed E-state index contributed by atoms with van der Waals surface area (Å²) < 4.78 is 19.2. The van der Waals surface area contributed by atoms with E-state index in [4.69, 9.17) is 4.74 Å². The second-order valence-electron chi connectivity index (χ2n) is 6.35. The average Bonchev–Trinajstić information content (AvgIpc) is 2.96. The molecule has 1 heterocycles. The lowest BCUT2D eigenvalue weighted by Gasteiger charge is -2.15. The van der Waals surface area contributed by atoms with E-state index in [1.807, 2.05) is 25.1 Å². The Labute approximate surface area is 169 Å². The van der Waals surface area contributed by atoms with E-state index in [1.165, 1.54) is 31.2 Å². The second kappa shape index (κ2) is 8.43. The van der Waals surface area contributed by atoms with Crippen LogP contribution < -0.4 is 15.6 Å². The number of aromatic amines is 1. The first kappa shape index (κ1) is 19.9. The van der Waals surface area contributed by atoms with Crippen molar-refractivity contribution in [2.75, 3.05) is 0 Å². The second-order valence-corrected chi connectivity index (χ2v) is 7.26. The van der Waals surface area contributed by atoms with Gasteiger partial charge in [-0.3, -0.25) is 20.4 Å². The SMILES string of the molecule is Cc1[nH]c2ccc(Br)cc2c1CC(=O)NNC(=O)C(C)Oc1ccc(F)cc1. The van der Waals surface area contributed by atoms with Crippen LogP contribution in [-0.4, -0.2) is 22.9 Å². The average molecular weight is 448 g/mol. The van der Waals surface area contributed by atoms with E-state index in [0.717, 1.165) is 26.6 Å². The smallest absolute Gasteiger partial charge is 0.279 e. The number of amides is 2. The van der Waals surface area contributed by atoms with Crippen molar-refractivity contribution < 1.29 is 18.7 Å². The number of nitrogens with one attached hydrogen (secondary N) is 3. The first-order valence-corrected chi connectivity index (χ1v) is 9.40. The van der Waals surface area contributed by atoms with Gasteiger partial charge in [0.05, 0.1) is 6.42 Å². The maximum absolute atomic E-state index is 12.9. The lowest BCUT2D eigenvalue weighted by molar-refractivity contribution is -0.132. The molecule has 146 valence electrons. The molecule has 0 aliphatic heterocycles. The maximum atomic E-state index is 12.9. The van der Waals surface area contributed by atoms with E-state index in [-0.39, 0.29) is 12.3 Å². The summed E-state index contributed by atoms with van der Waals surface area (Å²) in [5.41, 5.74) is 7.44. The maximum Gasteiger partial charge on any atom is 0.279 e. The van der Waals surface area contributed by atoms with Gasteiger partial charge in [0.25, 0.3) is 5.91 Å². The van der Waals surface area contributed by atoms with Crippen LogP contribution in [0.1, 0.15) is 18.2 Å². The molecular weight excluding hydrogens is 429 g/mol. The summed E-state index contributed by atoms with van der Waals surface area (Å²) in [6.07, 6.45) is -0.757. The van der Waals surface area contributed by atoms with Crippen LogP contribution >= 0.6 is 15.9 Å². The summed E-state index contributed by atoms with van der Waals surface area (Å²) in [6.45, 7) is 3.43. The Morgan fingerprint density at radius 2 is 1.89 bits per heavy atom. The third kappa shape index (κ3) is 4.69. The van der Waals surface area contributed by atoms with Gasteiger partial charge < -0.3 is 9.72 Å². The minimum atomic E-state index is -0.864. The summed E-state index contributed by atoms with van der Waals surface area (Å²) in [7, 11) is 0. The predicted molar refractivity (Wildman–Crippen MR) is 107 cm³/mol. The topological polar surface area (TPSA) is 83.2 Å². The lowest BCUT2D eigenvalue weighted by Crippen LogP contribution is -2.47. The van der Waals surface area contributed by atoms with Crippen LogP contribution in [0.3, 0.4) is 0 Å². The Hall–Kier alpha value is -2.87. The molecule has 2 aromatic carbocycles. The van der Waals surface area contributed by atoms with Gasteiger partial charge in [0.15, 0.2) is 6.10 Å². The summed E-state index contributed by atoms with van der Waals surface area (Å²) in [5, 5.41) is 0.946. The third-order valence-electron chi connectivity index (χ3n) is 4.24. The number of H-pyrrole nitrogens is 1. The van der Waals surface area contributed by atoms with Crippen molar-refractivity contribution in [2.24, 2.45) is 0 Å². The molecule has 28 heavy (non-hydrogen) atoms. The van der Waals surface area contributed by atoms with Gasteiger partial charge in [-0.05, 0) is 61.9 Å². The molecular formula is C20H19BrFN3O3. The Kier molecular flexibility index (Phi) is 5.99. The zero-order chi connectivity index (χ0) is 20.3. The number of aromatic nitrogens is 1. The van der Waals surface area contributed by atoms with Gasteiger partial charge in [0.2, 0.25) is 5.91 Å². The third-order valence-corrected chi connectivity index (χ3v) is 4.73. The van der Waals surface area contributed by atoms with E-state index >= 15 is 0 Å². The molecule has 3 aromatic rings. The summed E-state index contributed by atoms with van der Waals surface area (Å²) >= 11 is 3.43. The highest BCUT2D eigenvalue weighted by atomic mass is 79.9. The van der Waals surface area contributed by atoms with E-state index in [9.17, 15) is 14.0 Å². The highest BCUT2D eigenvalue weighted by molar-refractivity contribution is 9.10. The molecule has 0 spiro atoms. The summed E-state index contributed by atoms with van der Waals surface area (Å²) in [4.78, 5) is 27.6. The van der Waals surface area contributed by atoms with E-state index in [2.05, 4.69) is 31.8 Å². The molecule has 0 bridgehead atoms. The van der Waals surface area contributed by atoms with Crippen LogP contribution in [-0.2, 0) is 16.0 Å². The fraction of sp³-hybridized carbons (Fsp3) is 0.200. The number of hydrogen-bond acceptors (Lipinski definition) is 3. The van der Waals surface area contributed by atoms with E-state index in [1.54, 1.807) is 0 Å². The number of fused-ring (bicyclic) bond motifs is 1. The number of ether oxygens (including phenoxy) is 1. The first-order valence-electron chi connectivity index (χ1n) is 8.61. The van der Waals surface area contributed by atoms with Gasteiger partial charge in [-0.1, -0.05) is 15.9 Å². The molecule has 0 aliphatic carbocycles. The lowest BCUT2D eigenvalue weighted by atomic mass is 10.1. The van der Waals surface area contributed by atoms with E-state index in [0.29, 0.717) is 5.75 Å². The number of carbonyl (C=O) groups is 2. The van der Waals surface area contributed by atoms with E-state index < -0.39 is 17.8 Å². The van der Waals surface area contributed by atoms with Crippen LogP contribution in [0.4, 0.5) is 4.39 Å². The van der Waals surface area contributed by atoms with Crippen molar-refractivity contribution in [3.8, 4) is 5.75 Å². The number of hydrazine groups is 1. The molecule has 8 heteroatoms. The quantitative estimate of drug-likeness (QED) is 0.523. The summed E-state index contributed by atoms with van der Waals surface area (Å²) in [5.74, 6) is -0.908. The Morgan fingerprint density at radius 1 is 1.18 bits per heavy atom. The fourth-order valence-corrected chi connectivity index (χ4v) is 3.15. The van der Waals surface area contributed by atoms with Crippen molar-refractivity contribution in [1.82, 2.24) is 15.8 Å². The zero-order valence-electron chi connectivity index (χ0n) is 15.3. The molecule has 2 amide bonds. The molecule has 1 unspecified atom stereocenters. The number of hydrogen-bond donors (Lipinski definition) is 3. The first-order chi connectivity index (χ1) is 13.3. The molecule has 0 fully saturated rings. The van der Waals surface area contributed by atoms with Gasteiger partial charge in [-0.25, -0.2) is 4.39 Å². The minimum Gasteiger partial charge on any atom is -0.481 e. The van der Waals surface area contributed by atoms with Gasteiger partial charge >= 0.3 is 0 Å². The molecule has 0 saturated heterocycles. The van der Waals surface area contributed by atoms with Crippen LogP contribution in [0.5, 0.6) is 5.75 Å². The van der Waals surface area contributed by atoms with Crippen LogP contribution in [0.15, 0.2) is 46.9 Å². The Balaban J connectivity index is 1.56. The van der Waals surface area contributed by atoms with Crippen molar-refractivity contribution >= 4 is 38.6 Å². The largest absolute Gasteiger partial charge is 0.481 e. The van der Waals surface area contributed by atoms with Crippen molar-refractivity contribution in [3.63, 3.8) is 0 Å². The normalized spacial score (nSPS) is 11.9. The van der Waals surface area contributed by atoms with Crippen molar-refractivity contribution in [2.45, 2.75) is 26.4 Å². The predicted octanol–water partition coefficient (Wildman–Crippen LogP) is 3.54. The van der Waals surface area contributed by atoms with Crippen LogP contribution in [0.2, 0.25) is 0 Å². The molecule has 1 aromatic heterocycles. The number of halogens is 2. The fourth-order valence-electron chi connectivity index (χ4n) is 2.79. The number of aryl methyl sites for hydroxylation is 1. The standard InChI is InChI=1S/C20H19BrFN3O3/c1-11-16(17-9-13(21)3-8-18(17)23-11)10-19(26)24-25-20(27)12(2)28-15-6-4-14(22)5-7-15/h3-9,12,23H,10H2,1-2H3,(H,24,26)(H,25,27). The molecule has 6 nitrogen and oxygen atoms in total. The molecule has 3 rings (SSSR count). The zero-order valence-corrected chi connectivity index (χ0v) is 16.9. The minimum absolute atomic E-state index is 0.107. The van der Waals surface area contributed by atoms with Gasteiger partial charge in [0.1, 0.15) is 11.6 Å². The monoisotopic (exact) mass is 447 g/mol. The molecule has 0 aliphatic rings. The number of carbonyl (C=O) groups excluding carboxylic acids is 2. The molecule has 0 radical (unpaired) electrons.